The Morgan fingerprint density at radius 2 is 1.28 bits per heavy atom. The van der Waals surface area contributed by atoms with Gasteiger partial charge in [0.1, 0.15) is 11.5 Å². The fraction of sp³-hybridized carbons (Fsp3) is 0.200. The molecule has 0 spiro atoms. The van der Waals surface area contributed by atoms with Gasteiger partial charge in [-0.3, -0.25) is 0 Å². The fourth-order valence-corrected chi connectivity index (χ4v) is 2.06. The van der Waals surface area contributed by atoms with Crippen molar-refractivity contribution >= 4 is 12.6 Å². The van der Waals surface area contributed by atoms with Gasteiger partial charge in [0, 0.05) is 5.46 Å². The van der Waals surface area contributed by atoms with Crippen molar-refractivity contribution in [2.75, 3.05) is 0 Å². The largest absolute Gasteiger partial charge is 0.632 e. The molecule has 1 aliphatic heterocycles. The summed E-state index contributed by atoms with van der Waals surface area (Å²) in [4.78, 5) is 0. The van der Waals surface area contributed by atoms with E-state index in [0.717, 1.165) is 17.0 Å². The normalized spacial score (nSPS) is 12.9. The molecule has 1 heterocycles. The number of fused-ring (bicyclic) bond motifs is 1. The third-order valence-electron chi connectivity index (χ3n) is 3.38. The Labute approximate surface area is 108 Å². The molecule has 0 aliphatic carbocycles. The summed E-state index contributed by atoms with van der Waals surface area (Å²) in [5.74, 6) is 1.67. The van der Waals surface area contributed by atoms with Crippen LogP contribution in [-0.2, 0) is 0 Å². The summed E-state index contributed by atoms with van der Waals surface area (Å²) in [5, 5.41) is 0. The lowest BCUT2D eigenvalue weighted by Gasteiger charge is -2.04. The molecule has 0 aromatic heterocycles. The maximum absolute atomic E-state index is 5.85. The van der Waals surface area contributed by atoms with Gasteiger partial charge in [-0.15, -0.1) is 0 Å². The highest BCUT2D eigenvalue weighted by atomic mass is 16.6. The van der Waals surface area contributed by atoms with Crippen LogP contribution in [0.1, 0.15) is 16.7 Å². The van der Waals surface area contributed by atoms with E-state index in [1.54, 1.807) is 0 Å². The van der Waals surface area contributed by atoms with E-state index in [1.807, 2.05) is 24.3 Å². The van der Waals surface area contributed by atoms with E-state index in [9.17, 15) is 0 Å². The highest BCUT2D eigenvalue weighted by molar-refractivity contribution is 6.63. The van der Waals surface area contributed by atoms with E-state index in [0.29, 0.717) is 0 Å². The van der Waals surface area contributed by atoms with Crippen molar-refractivity contribution in [1.82, 2.24) is 0 Å². The van der Waals surface area contributed by atoms with Crippen LogP contribution in [0.15, 0.2) is 36.4 Å². The molecule has 0 fully saturated rings. The monoisotopic (exact) mass is 238 g/mol. The standard InChI is InChI=1S/C15H15BO2/c1-10-4-6-13(7-5-10)16-17-14-8-11(2)12(3)9-15(14)18-16/h4-9H,1-3H3. The van der Waals surface area contributed by atoms with Crippen LogP contribution < -0.4 is 14.8 Å². The van der Waals surface area contributed by atoms with Gasteiger partial charge in [-0.25, -0.2) is 0 Å². The summed E-state index contributed by atoms with van der Waals surface area (Å²) in [6.07, 6.45) is 0. The van der Waals surface area contributed by atoms with Gasteiger partial charge in [-0.05, 0) is 44.0 Å². The Kier molecular flexibility index (Phi) is 2.55. The highest BCUT2D eigenvalue weighted by Crippen LogP contribution is 2.35. The molecule has 18 heavy (non-hydrogen) atoms. The van der Waals surface area contributed by atoms with Gasteiger partial charge in [-0.2, -0.15) is 0 Å². The van der Waals surface area contributed by atoms with Gasteiger partial charge in [0.25, 0.3) is 0 Å². The van der Waals surface area contributed by atoms with Crippen LogP contribution in [0.5, 0.6) is 11.5 Å². The van der Waals surface area contributed by atoms with Crippen molar-refractivity contribution in [1.29, 1.82) is 0 Å². The van der Waals surface area contributed by atoms with Crippen molar-refractivity contribution in [2.24, 2.45) is 0 Å². The molecule has 1 aliphatic rings. The molecule has 0 unspecified atom stereocenters. The minimum Gasteiger partial charge on any atom is -0.519 e. The lowest BCUT2D eigenvalue weighted by molar-refractivity contribution is 0.518. The third-order valence-corrected chi connectivity index (χ3v) is 3.38. The second-order valence-corrected chi connectivity index (χ2v) is 4.86. The second kappa shape index (κ2) is 4.09. The molecule has 0 saturated heterocycles. The predicted molar refractivity (Wildman–Crippen MR) is 73.7 cm³/mol. The Bertz CT molecular complexity index is 559. The van der Waals surface area contributed by atoms with Crippen LogP contribution in [0.2, 0.25) is 0 Å². The minimum absolute atomic E-state index is 0.318. The zero-order chi connectivity index (χ0) is 12.7. The summed E-state index contributed by atoms with van der Waals surface area (Å²) in [7, 11) is -0.318. The van der Waals surface area contributed by atoms with Crippen molar-refractivity contribution in [3.8, 4) is 11.5 Å². The topological polar surface area (TPSA) is 18.5 Å². The molecule has 0 radical (unpaired) electrons. The van der Waals surface area contributed by atoms with Gasteiger partial charge in [-0.1, -0.05) is 29.8 Å². The molecule has 2 nitrogen and oxygen atoms in total. The minimum atomic E-state index is -0.318. The summed E-state index contributed by atoms with van der Waals surface area (Å²) in [5.41, 5.74) is 4.73. The molecular weight excluding hydrogens is 223 g/mol. The smallest absolute Gasteiger partial charge is 0.519 e. The molecule has 3 heteroatoms. The molecule has 0 N–H and O–H groups in total. The maximum atomic E-state index is 5.85. The molecule has 0 bridgehead atoms. The Balaban J connectivity index is 1.91. The van der Waals surface area contributed by atoms with Crippen LogP contribution in [0.4, 0.5) is 0 Å². The lowest BCUT2D eigenvalue weighted by atomic mass is 9.79. The molecule has 90 valence electrons. The predicted octanol–water partition coefficient (Wildman–Crippen LogP) is 2.78. The van der Waals surface area contributed by atoms with Crippen LogP contribution >= 0.6 is 0 Å². The van der Waals surface area contributed by atoms with Crippen LogP contribution in [0.3, 0.4) is 0 Å². The first-order valence-corrected chi connectivity index (χ1v) is 6.14. The zero-order valence-electron chi connectivity index (χ0n) is 10.9. The van der Waals surface area contributed by atoms with Crippen LogP contribution in [-0.4, -0.2) is 7.12 Å². The molecule has 0 saturated carbocycles. The van der Waals surface area contributed by atoms with Gasteiger partial charge in [0.15, 0.2) is 0 Å². The maximum Gasteiger partial charge on any atom is 0.632 e. The molecular formula is C15H15BO2. The number of benzene rings is 2. The van der Waals surface area contributed by atoms with Crippen molar-refractivity contribution in [2.45, 2.75) is 20.8 Å². The third kappa shape index (κ3) is 1.86. The van der Waals surface area contributed by atoms with E-state index in [2.05, 4.69) is 32.9 Å². The van der Waals surface area contributed by atoms with Crippen molar-refractivity contribution in [3.63, 3.8) is 0 Å². The summed E-state index contributed by atoms with van der Waals surface area (Å²) < 4.78 is 11.7. The van der Waals surface area contributed by atoms with Crippen LogP contribution in [0.25, 0.3) is 0 Å². The van der Waals surface area contributed by atoms with E-state index in [1.165, 1.54) is 16.7 Å². The highest BCUT2D eigenvalue weighted by Gasteiger charge is 2.34. The molecule has 3 rings (SSSR count). The summed E-state index contributed by atoms with van der Waals surface area (Å²) in [6, 6.07) is 12.3. The van der Waals surface area contributed by atoms with E-state index >= 15 is 0 Å². The van der Waals surface area contributed by atoms with Gasteiger partial charge in [0.2, 0.25) is 0 Å². The first-order valence-electron chi connectivity index (χ1n) is 6.14. The molecule has 0 amide bonds. The summed E-state index contributed by atoms with van der Waals surface area (Å²) in [6.45, 7) is 6.23. The molecule has 2 aromatic carbocycles. The number of rotatable bonds is 1. The zero-order valence-corrected chi connectivity index (χ0v) is 10.9. The Hall–Kier alpha value is -1.90. The van der Waals surface area contributed by atoms with Gasteiger partial charge < -0.3 is 9.31 Å². The van der Waals surface area contributed by atoms with Crippen molar-refractivity contribution < 1.29 is 9.31 Å². The van der Waals surface area contributed by atoms with Crippen molar-refractivity contribution in [3.05, 3.63) is 53.1 Å². The Morgan fingerprint density at radius 1 is 0.778 bits per heavy atom. The summed E-state index contributed by atoms with van der Waals surface area (Å²) >= 11 is 0. The first kappa shape index (κ1) is 11.2. The second-order valence-electron chi connectivity index (χ2n) is 4.86. The van der Waals surface area contributed by atoms with Gasteiger partial charge >= 0.3 is 7.12 Å². The van der Waals surface area contributed by atoms with Gasteiger partial charge in [0.05, 0.1) is 0 Å². The number of hydrogen-bond acceptors (Lipinski definition) is 2. The average Bonchev–Trinajstić information content (AvgIpc) is 2.73. The van der Waals surface area contributed by atoms with Crippen LogP contribution in [0, 0.1) is 20.8 Å². The average molecular weight is 238 g/mol. The first-order chi connectivity index (χ1) is 8.63. The SMILES string of the molecule is Cc1ccc(B2Oc3cc(C)c(C)cc3O2)cc1. The Morgan fingerprint density at radius 3 is 1.78 bits per heavy atom. The number of aryl methyl sites for hydroxylation is 3. The fourth-order valence-electron chi connectivity index (χ4n) is 2.06. The molecule has 2 aromatic rings. The number of hydrogen-bond donors (Lipinski definition) is 0. The molecule has 0 atom stereocenters. The van der Waals surface area contributed by atoms with E-state index in [4.69, 9.17) is 9.31 Å². The lowest BCUT2D eigenvalue weighted by Crippen LogP contribution is -2.38. The van der Waals surface area contributed by atoms with E-state index < -0.39 is 0 Å². The van der Waals surface area contributed by atoms with E-state index in [-0.39, 0.29) is 7.12 Å². The quantitative estimate of drug-likeness (QED) is 0.711.